The Morgan fingerprint density at radius 1 is 0.300 bits per heavy atom. The van der Waals surface area contributed by atoms with Gasteiger partial charge in [0.1, 0.15) is 0 Å². The lowest BCUT2D eigenvalue weighted by molar-refractivity contribution is 1.72. The number of rotatable bonds is 1. The van der Waals surface area contributed by atoms with Crippen molar-refractivity contribution < 1.29 is 0 Å². The standard InChI is InChI=1S/C28H16Cl2/c29-27-21-13-5-1-9-17(21)25(18-10-2-6-14-22(18)27)26-19-11-3-7-15-23(19)28(30)24-16-8-4-12-20(24)26/h1-16H. The molecule has 6 aromatic carbocycles. The summed E-state index contributed by atoms with van der Waals surface area (Å²) in [6.45, 7) is 0. The predicted octanol–water partition coefficient (Wildman–Crippen LogP) is 9.27. The Kier molecular flexibility index (Phi) is 3.99. The molecule has 0 aliphatic heterocycles. The lowest BCUT2D eigenvalue weighted by atomic mass is 9.86. The Balaban J connectivity index is 1.97. The molecule has 0 radical (unpaired) electrons. The molecule has 0 aromatic heterocycles. The van der Waals surface area contributed by atoms with Crippen LogP contribution in [0.2, 0.25) is 10.0 Å². The highest BCUT2D eigenvalue weighted by Crippen LogP contribution is 2.47. The zero-order chi connectivity index (χ0) is 20.2. The Labute approximate surface area is 184 Å². The largest absolute Gasteiger partial charge is 0.0830 e. The molecule has 0 N–H and O–H groups in total. The SMILES string of the molecule is Clc1c2ccccc2c(-c2c3ccccc3c(Cl)c3ccccc23)c2ccccc12. The maximum atomic E-state index is 6.87. The van der Waals surface area contributed by atoms with Gasteiger partial charge in [-0.3, -0.25) is 0 Å². The van der Waals surface area contributed by atoms with Crippen LogP contribution in [0.5, 0.6) is 0 Å². The van der Waals surface area contributed by atoms with Crippen molar-refractivity contribution in [3.8, 4) is 11.1 Å². The molecule has 0 spiro atoms. The molecule has 6 aromatic rings. The minimum Gasteiger partial charge on any atom is -0.0830 e. The molecule has 30 heavy (non-hydrogen) atoms. The second-order valence-corrected chi connectivity index (χ2v) is 8.32. The van der Waals surface area contributed by atoms with Gasteiger partial charge in [0.05, 0.1) is 10.0 Å². The van der Waals surface area contributed by atoms with Crippen molar-refractivity contribution in [2.45, 2.75) is 0 Å². The van der Waals surface area contributed by atoms with Crippen LogP contribution in [0.1, 0.15) is 0 Å². The Hall–Kier alpha value is -3.06. The summed E-state index contributed by atoms with van der Waals surface area (Å²) in [4.78, 5) is 0. The van der Waals surface area contributed by atoms with Crippen molar-refractivity contribution in [3.63, 3.8) is 0 Å². The van der Waals surface area contributed by atoms with E-state index in [4.69, 9.17) is 23.2 Å². The predicted molar refractivity (Wildman–Crippen MR) is 132 cm³/mol. The van der Waals surface area contributed by atoms with E-state index >= 15 is 0 Å². The fourth-order valence-corrected chi connectivity index (χ4v) is 5.35. The highest BCUT2D eigenvalue weighted by Gasteiger charge is 2.19. The van der Waals surface area contributed by atoms with Gasteiger partial charge in [0.25, 0.3) is 0 Å². The molecule has 0 atom stereocenters. The molecule has 0 fully saturated rings. The molecule has 0 aliphatic rings. The van der Waals surface area contributed by atoms with Crippen LogP contribution in [0, 0.1) is 0 Å². The topological polar surface area (TPSA) is 0 Å². The molecule has 0 amide bonds. The average Bonchev–Trinajstić information content (AvgIpc) is 2.81. The van der Waals surface area contributed by atoms with E-state index in [9.17, 15) is 0 Å². The number of fused-ring (bicyclic) bond motifs is 4. The maximum absolute atomic E-state index is 6.87. The fraction of sp³-hybridized carbons (Fsp3) is 0. The zero-order valence-corrected chi connectivity index (χ0v) is 17.5. The molecule has 0 nitrogen and oxygen atoms in total. The van der Waals surface area contributed by atoms with Crippen molar-refractivity contribution in [1.82, 2.24) is 0 Å². The van der Waals surface area contributed by atoms with Crippen molar-refractivity contribution in [1.29, 1.82) is 0 Å². The molecule has 0 saturated heterocycles. The minimum absolute atomic E-state index is 0.799. The van der Waals surface area contributed by atoms with Gasteiger partial charge in [-0.25, -0.2) is 0 Å². The summed E-state index contributed by atoms with van der Waals surface area (Å²) in [7, 11) is 0. The Bertz CT molecular complexity index is 1380. The van der Waals surface area contributed by atoms with Crippen LogP contribution in [-0.4, -0.2) is 0 Å². The quantitative estimate of drug-likeness (QED) is 0.231. The zero-order valence-electron chi connectivity index (χ0n) is 16.0. The monoisotopic (exact) mass is 422 g/mol. The van der Waals surface area contributed by atoms with Gasteiger partial charge in [0.2, 0.25) is 0 Å². The fourth-order valence-electron chi connectivity index (χ4n) is 4.69. The molecule has 0 saturated carbocycles. The molecular weight excluding hydrogens is 407 g/mol. The first-order chi connectivity index (χ1) is 14.8. The first kappa shape index (κ1) is 17.8. The Morgan fingerprint density at radius 3 is 0.733 bits per heavy atom. The second-order valence-electron chi connectivity index (χ2n) is 7.56. The molecule has 0 bridgehead atoms. The summed E-state index contributed by atoms with van der Waals surface area (Å²) in [5.74, 6) is 0. The van der Waals surface area contributed by atoms with Crippen LogP contribution in [0.25, 0.3) is 54.2 Å². The third kappa shape index (κ3) is 2.41. The van der Waals surface area contributed by atoms with Gasteiger partial charge < -0.3 is 0 Å². The summed E-state index contributed by atoms with van der Waals surface area (Å²) >= 11 is 13.7. The molecule has 0 unspecified atom stereocenters. The molecular formula is C28H16Cl2. The van der Waals surface area contributed by atoms with Crippen LogP contribution in [0.15, 0.2) is 97.1 Å². The number of hydrogen-bond acceptors (Lipinski definition) is 0. The average molecular weight is 423 g/mol. The number of hydrogen-bond donors (Lipinski definition) is 0. The smallest absolute Gasteiger partial charge is 0.0563 e. The van der Waals surface area contributed by atoms with Crippen LogP contribution < -0.4 is 0 Å². The first-order valence-electron chi connectivity index (χ1n) is 9.94. The van der Waals surface area contributed by atoms with E-state index in [1.165, 1.54) is 11.1 Å². The number of halogens is 2. The number of benzene rings is 6. The van der Waals surface area contributed by atoms with Crippen LogP contribution >= 0.6 is 23.2 Å². The van der Waals surface area contributed by atoms with E-state index in [1.54, 1.807) is 0 Å². The van der Waals surface area contributed by atoms with E-state index in [1.807, 2.05) is 24.3 Å². The molecule has 142 valence electrons. The molecule has 2 heteroatoms. The van der Waals surface area contributed by atoms with E-state index in [0.29, 0.717) is 0 Å². The molecule has 0 aliphatic carbocycles. The van der Waals surface area contributed by atoms with Crippen molar-refractivity contribution >= 4 is 66.3 Å². The van der Waals surface area contributed by atoms with Crippen LogP contribution in [-0.2, 0) is 0 Å². The third-order valence-corrected chi connectivity index (χ3v) is 6.80. The van der Waals surface area contributed by atoms with Gasteiger partial charge in [0, 0.05) is 21.5 Å². The van der Waals surface area contributed by atoms with Gasteiger partial charge in [-0.1, -0.05) is 120 Å². The summed E-state index contributed by atoms with van der Waals surface area (Å²) in [5.41, 5.74) is 2.41. The highest BCUT2D eigenvalue weighted by atomic mass is 35.5. The van der Waals surface area contributed by atoms with E-state index < -0.39 is 0 Å². The van der Waals surface area contributed by atoms with Gasteiger partial charge in [0.15, 0.2) is 0 Å². The maximum Gasteiger partial charge on any atom is 0.0563 e. The first-order valence-corrected chi connectivity index (χ1v) is 10.7. The summed E-state index contributed by atoms with van der Waals surface area (Å²) in [6.07, 6.45) is 0. The van der Waals surface area contributed by atoms with E-state index in [2.05, 4.69) is 72.8 Å². The lowest BCUT2D eigenvalue weighted by Gasteiger charge is -2.19. The van der Waals surface area contributed by atoms with Gasteiger partial charge >= 0.3 is 0 Å². The third-order valence-electron chi connectivity index (χ3n) is 5.98. The van der Waals surface area contributed by atoms with E-state index in [0.717, 1.165) is 53.1 Å². The molecule has 6 rings (SSSR count). The minimum atomic E-state index is 0.799. The van der Waals surface area contributed by atoms with Crippen molar-refractivity contribution in [3.05, 3.63) is 107 Å². The van der Waals surface area contributed by atoms with Crippen molar-refractivity contribution in [2.24, 2.45) is 0 Å². The Morgan fingerprint density at radius 2 is 0.500 bits per heavy atom. The lowest BCUT2D eigenvalue weighted by Crippen LogP contribution is -1.91. The molecule has 0 heterocycles. The van der Waals surface area contributed by atoms with Gasteiger partial charge in [-0.15, -0.1) is 0 Å². The van der Waals surface area contributed by atoms with Crippen LogP contribution in [0.4, 0.5) is 0 Å². The second kappa shape index (κ2) is 6.74. The van der Waals surface area contributed by atoms with Crippen LogP contribution in [0.3, 0.4) is 0 Å². The normalized spacial score (nSPS) is 11.7. The summed E-state index contributed by atoms with van der Waals surface area (Å²) < 4.78 is 0. The van der Waals surface area contributed by atoms with Gasteiger partial charge in [-0.2, -0.15) is 0 Å². The summed E-state index contributed by atoms with van der Waals surface area (Å²) in [5, 5.41) is 10.5. The summed E-state index contributed by atoms with van der Waals surface area (Å²) in [6, 6.07) is 33.6. The van der Waals surface area contributed by atoms with Crippen molar-refractivity contribution in [2.75, 3.05) is 0 Å². The highest BCUT2D eigenvalue weighted by molar-refractivity contribution is 6.45. The van der Waals surface area contributed by atoms with Gasteiger partial charge in [-0.05, 0) is 32.7 Å². The van der Waals surface area contributed by atoms with E-state index in [-0.39, 0.29) is 0 Å².